The number of benzene rings is 3. The van der Waals surface area contributed by atoms with Crippen molar-refractivity contribution in [2.24, 2.45) is 0 Å². The fraction of sp³-hybridized carbons (Fsp3) is 0.0476. The van der Waals surface area contributed by atoms with Gasteiger partial charge in [-0.3, -0.25) is 19.7 Å². The standard InChI is InChI=1S/C21H17FN4O4/c22-16-5-2-4-14(10-16)21(28)25-17-6-1-3-13(9-17)12-24-20(27)15-7-8-18(23)19(11-15)26(29)30/h1-11H,12,23H2,(H,24,27)(H,25,28). The summed E-state index contributed by atoms with van der Waals surface area (Å²) in [6, 6.07) is 15.9. The minimum absolute atomic E-state index is 0.0294. The minimum Gasteiger partial charge on any atom is -0.393 e. The lowest BCUT2D eigenvalue weighted by molar-refractivity contribution is -0.383. The fourth-order valence-corrected chi connectivity index (χ4v) is 2.72. The molecule has 0 radical (unpaired) electrons. The summed E-state index contributed by atoms with van der Waals surface area (Å²) in [4.78, 5) is 34.8. The Morgan fingerprint density at radius 1 is 0.967 bits per heavy atom. The van der Waals surface area contributed by atoms with Gasteiger partial charge in [-0.1, -0.05) is 18.2 Å². The summed E-state index contributed by atoms with van der Waals surface area (Å²) >= 11 is 0. The lowest BCUT2D eigenvalue weighted by Gasteiger charge is -2.09. The molecule has 0 saturated heterocycles. The number of halogens is 1. The van der Waals surface area contributed by atoms with Crippen LogP contribution in [0.5, 0.6) is 0 Å². The minimum atomic E-state index is -0.656. The molecular weight excluding hydrogens is 391 g/mol. The number of nitro benzene ring substituents is 1. The van der Waals surface area contributed by atoms with Gasteiger partial charge in [0.25, 0.3) is 17.5 Å². The van der Waals surface area contributed by atoms with Crippen LogP contribution in [0.15, 0.2) is 66.7 Å². The summed E-state index contributed by atoms with van der Waals surface area (Å²) in [5.41, 5.74) is 6.60. The SMILES string of the molecule is Nc1ccc(C(=O)NCc2cccc(NC(=O)c3cccc(F)c3)c2)cc1[N+](=O)[O-]. The van der Waals surface area contributed by atoms with Crippen LogP contribution in [0.3, 0.4) is 0 Å². The van der Waals surface area contributed by atoms with Crippen LogP contribution in [0.2, 0.25) is 0 Å². The third-order valence-corrected chi connectivity index (χ3v) is 4.21. The monoisotopic (exact) mass is 408 g/mol. The number of carbonyl (C=O) groups excluding carboxylic acids is 2. The van der Waals surface area contributed by atoms with Gasteiger partial charge in [-0.2, -0.15) is 0 Å². The number of carbonyl (C=O) groups is 2. The van der Waals surface area contributed by atoms with Gasteiger partial charge >= 0.3 is 0 Å². The van der Waals surface area contributed by atoms with Crippen LogP contribution >= 0.6 is 0 Å². The maximum atomic E-state index is 13.3. The smallest absolute Gasteiger partial charge is 0.292 e. The van der Waals surface area contributed by atoms with Crippen LogP contribution in [0.25, 0.3) is 0 Å². The Balaban J connectivity index is 1.65. The number of rotatable bonds is 6. The molecule has 4 N–H and O–H groups in total. The lowest BCUT2D eigenvalue weighted by Crippen LogP contribution is -2.23. The number of nitrogens with zero attached hydrogens (tertiary/aromatic N) is 1. The van der Waals surface area contributed by atoms with Crippen molar-refractivity contribution < 1.29 is 18.9 Å². The second-order valence-corrected chi connectivity index (χ2v) is 6.38. The Morgan fingerprint density at radius 2 is 1.70 bits per heavy atom. The Hall–Kier alpha value is -4.27. The maximum absolute atomic E-state index is 13.3. The van der Waals surface area contributed by atoms with Gasteiger partial charge in [0, 0.05) is 29.4 Å². The van der Waals surface area contributed by atoms with E-state index < -0.39 is 22.6 Å². The number of nitro groups is 1. The van der Waals surface area contributed by atoms with Crippen molar-refractivity contribution in [2.75, 3.05) is 11.1 Å². The molecule has 30 heavy (non-hydrogen) atoms. The van der Waals surface area contributed by atoms with Gasteiger partial charge in [0.15, 0.2) is 0 Å². The first-order valence-corrected chi connectivity index (χ1v) is 8.81. The van der Waals surface area contributed by atoms with Gasteiger partial charge in [0.1, 0.15) is 11.5 Å². The zero-order valence-corrected chi connectivity index (χ0v) is 15.6. The first-order chi connectivity index (χ1) is 14.3. The molecule has 0 fully saturated rings. The molecule has 0 bridgehead atoms. The Bertz CT molecular complexity index is 1130. The molecule has 0 saturated carbocycles. The quantitative estimate of drug-likeness (QED) is 0.327. The number of anilines is 2. The summed E-state index contributed by atoms with van der Waals surface area (Å²) in [6.45, 7) is 0.126. The van der Waals surface area contributed by atoms with Gasteiger partial charge in [0.05, 0.1) is 4.92 Å². The third-order valence-electron chi connectivity index (χ3n) is 4.21. The molecule has 0 spiro atoms. The molecule has 0 aromatic heterocycles. The highest BCUT2D eigenvalue weighted by molar-refractivity contribution is 6.04. The van der Waals surface area contributed by atoms with Crippen molar-refractivity contribution in [1.82, 2.24) is 5.32 Å². The summed E-state index contributed by atoms with van der Waals surface area (Å²) in [7, 11) is 0. The van der Waals surface area contributed by atoms with Gasteiger partial charge in [-0.05, 0) is 48.0 Å². The predicted molar refractivity (Wildman–Crippen MR) is 109 cm³/mol. The highest BCUT2D eigenvalue weighted by Gasteiger charge is 2.15. The van der Waals surface area contributed by atoms with E-state index in [0.29, 0.717) is 11.3 Å². The number of nitrogens with two attached hydrogens (primary N) is 1. The number of nitrogens with one attached hydrogen (secondary N) is 2. The van der Waals surface area contributed by atoms with E-state index in [1.165, 1.54) is 30.3 Å². The topological polar surface area (TPSA) is 127 Å². The first-order valence-electron chi connectivity index (χ1n) is 8.81. The largest absolute Gasteiger partial charge is 0.393 e. The van der Waals surface area contributed by atoms with Crippen LogP contribution in [-0.2, 0) is 6.54 Å². The molecule has 0 aliphatic carbocycles. The van der Waals surface area contributed by atoms with Crippen LogP contribution in [-0.4, -0.2) is 16.7 Å². The lowest BCUT2D eigenvalue weighted by atomic mass is 10.1. The zero-order valence-electron chi connectivity index (χ0n) is 15.6. The van der Waals surface area contributed by atoms with Crippen molar-refractivity contribution in [3.8, 4) is 0 Å². The van der Waals surface area contributed by atoms with Crippen molar-refractivity contribution in [2.45, 2.75) is 6.54 Å². The average molecular weight is 408 g/mol. The Morgan fingerprint density at radius 3 is 2.43 bits per heavy atom. The van der Waals surface area contributed by atoms with Crippen molar-refractivity contribution >= 4 is 28.9 Å². The predicted octanol–water partition coefficient (Wildman–Crippen LogP) is 3.50. The molecule has 3 rings (SSSR count). The van der Waals surface area contributed by atoms with Gasteiger partial charge in [0.2, 0.25) is 0 Å². The molecule has 3 aromatic rings. The fourth-order valence-electron chi connectivity index (χ4n) is 2.72. The molecule has 0 aliphatic heterocycles. The average Bonchev–Trinajstić information content (AvgIpc) is 2.72. The van der Waals surface area contributed by atoms with E-state index in [1.807, 2.05) is 0 Å². The molecule has 9 heteroatoms. The maximum Gasteiger partial charge on any atom is 0.292 e. The molecule has 0 aliphatic rings. The van der Waals surface area contributed by atoms with Crippen LogP contribution < -0.4 is 16.4 Å². The van der Waals surface area contributed by atoms with Crippen molar-refractivity contribution in [3.05, 3.63) is 99.4 Å². The van der Waals surface area contributed by atoms with E-state index in [-0.39, 0.29) is 29.0 Å². The zero-order chi connectivity index (χ0) is 21.7. The highest BCUT2D eigenvalue weighted by Crippen LogP contribution is 2.22. The molecule has 2 amide bonds. The summed E-state index contributed by atoms with van der Waals surface area (Å²) < 4.78 is 13.3. The second-order valence-electron chi connectivity index (χ2n) is 6.38. The van der Waals surface area contributed by atoms with Crippen LogP contribution in [0.1, 0.15) is 26.3 Å². The second kappa shape index (κ2) is 8.82. The molecule has 0 unspecified atom stereocenters. The first kappa shape index (κ1) is 20.5. The van der Waals surface area contributed by atoms with E-state index in [9.17, 15) is 24.1 Å². The highest BCUT2D eigenvalue weighted by atomic mass is 19.1. The Kier molecular flexibility index (Phi) is 6.02. The molecule has 0 atom stereocenters. The van der Waals surface area contributed by atoms with Gasteiger partial charge in [-0.15, -0.1) is 0 Å². The van der Waals surface area contributed by atoms with E-state index in [1.54, 1.807) is 24.3 Å². The number of hydrogen-bond acceptors (Lipinski definition) is 5. The van der Waals surface area contributed by atoms with Crippen molar-refractivity contribution in [1.29, 1.82) is 0 Å². The van der Waals surface area contributed by atoms with E-state index in [0.717, 1.165) is 12.1 Å². The van der Waals surface area contributed by atoms with Crippen LogP contribution in [0, 0.1) is 15.9 Å². The molecule has 0 heterocycles. The number of amides is 2. The molecule has 152 valence electrons. The van der Waals surface area contributed by atoms with Gasteiger partial charge < -0.3 is 16.4 Å². The summed E-state index contributed by atoms with van der Waals surface area (Å²) in [5, 5.41) is 16.3. The van der Waals surface area contributed by atoms with E-state index in [4.69, 9.17) is 5.73 Å². The van der Waals surface area contributed by atoms with Crippen LogP contribution in [0.4, 0.5) is 21.5 Å². The third kappa shape index (κ3) is 4.96. The number of nitrogen functional groups attached to an aromatic ring is 1. The number of hydrogen-bond donors (Lipinski definition) is 3. The molecular formula is C21H17FN4O4. The Labute approximate surface area is 170 Å². The summed E-state index contributed by atoms with van der Waals surface area (Å²) in [5.74, 6) is -1.49. The van der Waals surface area contributed by atoms with Gasteiger partial charge in [-0.25, -0.2) is 4.39 Å². The van der Waals surface area contributed by atoms with E-state index >= 15 is 0 Å². The van der Waals surface area contributed by atoms with Crippen molar-refractivity contribution in [3.63, 3.8) is 0 Å². The molecule has 8 nitrogen and oxygen atoms in total. The van der Waals surface area contributed by atoms with E-state index in [2.05, 4.69) is 10.6 Å². The summed E-state index contributed by atoms with van der Waals surface area (Å²) in [6.07, 6.45) is 0. The normalized spacial score (nSPS) is 10.3. The molecule has 3 aromatic carbocycles.